The van der Waals surface area contributed by atoms with Crippen molar-refractivity contribution in [3.05, 3.63) is 5.82 Å². The SMILES string of the molecule is CCCc1nsc(NC2CCC(=O)NC2=O)n1. The molecular weight excluding hydrogens is 240 g/mol. The molecule has 0 radical (unpaired) electrons. The van der Waals surface area contributed by atoms with Crippen molar-refractivity contribution in [2.45, 2.75) is 38.6 Å². The number of hydrogen-bond donors (Lipinski definition) is 2. The summed E-state index contributed by atoms with van der Waals surface area (Å²) in [6, 6.07) is -0.380. The molecule has 17 heavy (non-hydrogen) atoms. The van der Waals surface area contributed by atoms with Crippen molar-refractivity contribution in [2.24, 2.45) is 0 Å². The molecule has 1 aliphatic rings. The van der Waals surface area contributed by atoms with E-state index in [2.05, 4.69) is 26.9 Å². The lowest BCUT2D eigenvalue weighted by Gasteiger charge is -2.20. The van der Waals surface area contributed by atoms with E-state index in [4.69, 9.17) is 0 Å². The van der Waals surface area contributed by atoms with E-state index in [-0.39, 0.29) is 17.9 Å². The molecule has 1 aromatic heterocycles. The number of nitrogens with one attached hydrogen (secondary N) is 2. The van der Waals surface area contributed by atoms with E-state index >= 15 is 0 Å². The number of aryl methyl sites for hydroxylation is 1. The van der Waals surface area contributed by atoms with E-state index in [0.717, 1.165) is 18.7 Å². The Morgan fingerprint density at radius 1 is 1.53 bits per heavy atom. The van der Waals surface area contributed by atoms with Crippen LogP contribution in [-0.2, 0) is 16.0 Å². The number of carbonyl (C=O) groups is 2. The van der Waals surface area contributed by atoms with Gasteiger partial charge in [0, 0.05) is 24.4 Å². The zero-order valence-corrected chi connectivity index (χ0v) is 10.3. The molecule has 1 aromatic rings. The topological polar surface area (TPSA) is 84.0 Å². The molecule has 0 saturated carbocycles. The van der Waals surface area contributed by atoms with Crippen LogP contribution in [0.5, 0.6) is 0 Å². The molecule has 1 aliphatic heterocycles. The Morgan fingerprint density at radius 2 is 2.35 bits per heavy atom. The van der Waals surface area contributed by atoms with Crippen molar-refractivity contribution in [3.63, 3.8) is 0 Å². The van der Waals surface area contributed by atoms with Gasteiger partial charge in [-0.1, -0.05) is 6.92 Å². The summed E-state index contributed by atoms with van der Waals surface area (Å²) in [7, 11) is 0. The molecule has 1 saturated heterocycles. The van der Waals surface area contributed by atoms with E-state index in [9.17, 15) is 9.59 Å². The fourth-order valence-electron chi connectivity index (χ4n) is 1.62. The molecule has 2 rings (SSSR count). The van der Waals surface area contributed by atoms with Crippen LogP contribution < -0.4 is 10.6 Å². The number of imide groups is 1. The van der Waals surface area contributed by atoms with Crippen LogP contribution in [0.25, 0.3) is 0 Å². The third-order valence-corrected chi connectivity index (χ3v) is 3.16. The molecule has 0 aromatic carbocycles. The number of hydrogen-bond acceptors (Lipinski definition) is 6. The minimum Gasteiger partial charge on any atom is -0.348 e. The highest BCUT2D eigenvalue weighted by molar-refractivity contribution is 7.09. The number of piperidine rings is 1. The highest BCUT2D eigenvalue weighted by atomic mass is 32.1. The lowest BCUT2D eigenvalue weighted by molar-refractivity contribution is -0.133. The lowest BCUT2D eigenvalue weighted by Crippen LogP contribution is -2.47. The van der Waals surface area contributed by atoms with Crippen LogP contribution in [-0.4, -0.2) is 27.2 Å². The number of anilines is 1. The van der Waals surface area contributed by atoms with Crippen molar-refractivity contribution in [2.75, 3.05) is 5.32 Å². The van der Waals surface area contributed by atoms with Crippen LogP contribution in [0, 0.1) is 0 Å². The van der Waals surface area contributed by atoms with E-state index in [1.807, 2.05) is 0 Å². The lowest BCUT2D eigenvalue weighted by atomic mass is 10.1. The average molecular weight is 254 g/mol. The predicted octanol–water partition coefficient (Wildman–Crippen LogP) is 0.708. The molecule has 6 nitrogen and oxygen atoms in total. The van der Waals surface area contributed by atoms with Gasteiger partial charge in [0.25, 0.3) is 0 Å². The monoisotopic (exact) mass is 254 g/mol. The Balaban J connectivity index is 1.95. The maximum Gasteiger partial charge on any atom is 0.249 e. The van der Waals surface area contributed by atoms with Gasteiger partial charge in [0.2, 0.25) is 16.9 Å². The van der Waals surface area contributed by atoms with Gasteiger partial charge in [-0.2, -0.15) is 4.37 Å². The van der Waals surface area contributed by atoms with Gasteiger partial charge in [-0.3, -0.25) is 14.9 Å². The van der Waals surface area contributed by atoms with Gasteiger partial charge in [-0.25, -0.2) is 4.98 Å². The molecule has 2 heterocycles. The van der Waals surface area contributed by atoms with E-state index in [1.54, 1.807) is 0 Å². The molecule has 0 spiro atoms. The third kappa shape index (κ3) is 3.00. The van der Waals surface area contributed by atoms with Crippen molar-refractivity contribution in [3.8, 4) is 0 Å². The summed E-state index contributed by atoms with van der Waals surface area (Å²) in [5.74, 6) is 0.303. The Morgan fingerprint density at radius 3 is 3.06 bits per heavy atom. The van der Waals surface area contributed by atoms with Crippen LogP contribution in [0.15, 0.2) is 0 Å². The number of rotatable bonds is 4. The first kappa shape index (κ1) is 12.0. The fraction of sp³-hybridized carbons (Fsp3) is 0.600. The van der Waals surface area contributed by atoms with Crippen LogP contribution in [0.3, 0.4) is 0 Å². The van der Waals surface area contributed by atoms with Gasteiger partial charge < -0.3 is 5.32 Å². The second kappa shape index (κ2) is 5.22. The van der Waals surface area contributed by atoms with Crippen LogP contribution in [0.2, 0.25) is 0 Å². The number of nitrogens with zero attached hydrogens (tertiary/aromatic N) is 2. The van der Waals surface area contributed by atoms with Gasteiger partial charge in [0.15, 0.2) is 0 Å². The van der Waals surface area contributed by atoms with Gasteiger partial charge >= 0.3 is 0 Å². The van der Waals surface area contributed by atoms with Crippen molar-refractivity contribution in [1.82, 2.24) is 14.7 Å². The number of aromatic nitrogens is 2. The molecule has 7 heteroatoms. The Hall–Kier alpha value is -1.50. The number of amides is 2. The zero-order chi connectivity index (χ0) is 12.3. The van der Waals surface area contributed by atoms with Gasteiger partial charge in [-0.15, -0.1) is 0 Å². The molecule has 1 unspecified atom stereocenters. The third-order valence-electron chi connectivity index (χ3n) is 2.48. The smallest absolute Gasteiger partial charge is 0.249 e. The van der Waals surface area contributed by atoms with Crippen LogP contribution >= 0.6 is 11.5 Å². The fourth-order valence-corrected chi connectivity index (χ4v) is 2.28. The second-order valence-electron chi connectivity index (χ2n) is 3.91. The predicted molar refractivity (Wildman–Crippen MR) is 63.7 cm³/mol. The van der Waals surface area contributed by atoms with Crippen LogP contribution in [0.1, 0.15) is 32.0 Å². The highest BCUT2D eigenvalue weighted by Crippen LogP contribution is 2.16. The maximum atomic E-state index is 11.5. The highest BCUT2D eigenvalue weighted by Gasteiger charge is 2.27. The standard InChI is InChI=1S/C10H14N4O2S/c1-2-3-7-12-10(17-14-7)11-6-4-5-8(15)13-9(6)16/h6H,2-5H2,1H3,(H,11,12,14)(H,13,15,16). The van der Waals surface area contributed by atoms with Gasteiger partial charge in [0.1, 0.15) is 11.9 Å². The summed E-state index contributed by atoms with van der Waals surface area (Å²) in [6.07, 6.45) is 2.71. The summed E-state index contributed by atoms with van der Waals surface area (Å²) in [4.78, 5) is 26.8. The maximum absolute atomic E-state index is 11.5. The first-order valence-electron chi connectivity index (χ1n) is 5.62. The summed E-state index contributed by atoms with van der Waals surface area (Å²) >= 11 is 1.25. The quantitative estimate of drug-likeness (QED) is 0.773. The molecule has 1 fully saturated rings. The van der Waals surface area contributed by atoms with Gasteiger partial charge in [0.05, 0.1) is 0 Å². The number of carbonyl (C=O) groups excluding carboxylic acids is 2. The molecule has 0 bridgehead atoms. The van der Waals surface area contributed by atoms with Crippen molar-refractivity contribution >= 4 is 28.5 Å². The summed E-state index contributed by atoms with van der Waals surface area (Å²) in [6.45, 7) is 2.06. The minimum absolute atomic E-state index is 0.211. The minimum atomic E-state index is -0.380. The Bertz CT molecular complexity index is 432. The second-order valence-corrected chi connectivity index (χ2v) is 4.67. The first-order chi connectivity index (χ1) is 8.19. The van der Waals surface area contributed by atoms with E-state index < -0.39 is 0 Å². The first-order valence-corrected chi connectivity index (χ1v) is 6.39. The van der Waals surface area contributed by atoms with E-state index in [1.165, 1.54) is 11.5 Å². The molecular formula is C10H14N4O2S. The van der Waals surface area contributed by atoms with Crippen molar-refractivity contribution < 1.29 is 9.59 Å². The zero-order valence-electron chi connectivity index (χ0n) is 9.52. The van der Waals surface area contributed by atoms with Crippen LogP contribution in [0.4, 0.5) is 5.13 Å². The van der Waals surface area contributed by atoms with E-state index in [0.29, 0.717) is 18.0 Å². The Kier molecular flexibility index (Phi) is 3.68. The molecule has 1 atom stereocenters. The average Bonchev–Trinajstić information content (AvgIpc) is 2.71. The molecule has 92 valence electrons. The van der Waals surface area contributed by atoms with Crippen molar-refractivity contribution in [1.29, 1.82) is 0 Å². The summed E-state index contributed by atoms with van der Waals surface area (Å²) < 4.78 is 4.18. The largest absolute Gasteiger partial charge is 0.348 e. The summed E-state index contributed by atoms with van der Waals surface area (Å²) in [5.41, 5.74) is 0. The Labute approximate surface area is 103 Å². The molecule has 0 aliphatic carbocycles. The van der Waals surface area contributed by atoms with Gasteiger partial charge in [-0.05, 0) is 12.8 Å². The molecule has 2 amide bonds. The molecule has 2 N–H and O–H groups in total. The summed E-state index contributed by atoms with van der Waals surface area (Å²) in [5, 5.41) is 5.95. The normalized spacial score (nSPS) is 20.2.